The van der Waals surface area contributed by atoms with Gasteiger partial charge in [0.2, 0.25) is 0 Å². The predicted octanol–water partition coefficient (Wildman–Crippen LogP) is 5.81. The molecule has 144 valence electrons. The number of benzene rings is 2. The summed E-state index contributed by atoms with van der Waals surface area (Å²) in [6, 6.07) is 9.57. The number of aromatic amines is 1. The Balaban J connectivity index is 1.83. The van der Waals surface area contributed by atoms with Gasteiger partial charge in [0.05, 0.1) is 17.3 Å². The van der Waals surface area contributed by atoms with E-state index in [1.54, 1.807) is 6.20 Å². The summed E-state index contributed by atoms with van der Waals surface area (Å²) in [5.74, 6) is 0. The Morgan fingerprint density at radius 3 is 2.75 bits per heavy atom. The van der Waals surface area contributed by atoms with E-state index in [1.807, 2.05) is 18.2 Å². The fourth-order valence-electron chi connectivity index (χ4n) is 3.15. The number of H-pyrrole nitrogens is 1. The molecule has 1 aliphatic rings. The number of fused-ring (bicyclic) bond motifs is 1. The van der Waals surface area contributed by atoms with Crippen LogP contribution in [-0.2, 0) is 12.6 Å². The van der Waals surface area contributed by atoms with Gasteiger partial charge in [-0.15, -0.1) is 0 Å². The number of thiocarbonyl (C=S) groups is 1. The van der Waals surface area contributed by atoms with E-state index in [4.69, 9.17) is 23.8 Å². The number of thioether (sulfide) groups is 1. The molecule has 0 spiro atoms. The van der Waals surface area contributed by atoms with Crippen LogP contribution in [-0.4, -0.2) is 21.1 Å². The van der Waals surface area contributed by atoms with Gasteiger partial charge >= 0.3 is 6.18 Å². The van der Waals surface area contributed by atoms with Crippen molar-refractivity contribution in [3.63, 3.8) is 0 Å². The van der Waals surface area contributed by atoms with Gasteiger partial charge in [0, 0.05) is 21.9 Å². The highest BCUT2D eigenvalue weighted by atomic mass is 35.5. The van der Waals surface area contributed by atoms with Gasteiger partial charge in [-0.25, -0.2) is 0 Å². The van der Waals surface area contributed by atoms with Crippen molar-refractivity contribution in [2.24, 2.45) is 0 Å². The first-order valence-corrected chi connectivity index (χ1v) is 9.88. The number of nitrogens with zero attached hydrogens (tertiary/aromatic N) is 1. The Morgan fingerprint density at radius 2 is 2.04 bits per heavy atom. The van der Waals surface area contributed by atoms with Gasteiger partial charge in [-0.3, -0.25) is 5.10 Å². The number of aromatic nitrogens is 2. The molecule has 28 heavy (non-hydrogen) atoms. The van der Waals surface area contributed by atoms with Crippen molar-refractivity contribution in [1.82, 2.24) is 15.5 Å². The minimum atomic E-state index is -4.49. The van der Waals surface area contributed by atoms with Gasteiger partial charge in [-0.2, -0.15) is 18.3 Å². The van der Waals surface area contributed by atoms with Gasteiger partial charge in [-0.1, -0.05) is 47.7 Å². The number of allylic oxidation sites excluding steroid dienone is 1. The third-order valence-corrected chi connectivity index (χ3v) is 6.08. The molecule has 1 saturated heterocycles. The van der Waals surface area contributed by atoms with Crippen LogP contribution in [0.1, 0.15) is 16.7 Å². The van der Waals surface area contributed by atoms with Crippen molar-refractivity contribution in [2.45, 2.75) is 12.6 Å². The summed E-state index contributed by atoms with van der Waals surface area (Å²) in [5, 5.41) is 10.9. The monoisotopic (exact) mass is 439 g/mol. The average molecular weight is 440 g/mol. The topological polar surface area (TPSA) is 40.7 Å². The van der Waals surface area contributed by atoms with Crippen LogP contribution in [0.4, 0.5) is 13.2 Å². The molecule has 1 fully saturated rings. The SMILES string of the molecule is FC(F)(F)c1cc(Cl)ccc1CC(=C1CNC(=S)S1)c1ccc2[nH]ncc2c1. The molecule has 9 heteroatoms. The third kappa shape index (κ3) is 3.90. The Bertz CT molecular complexity index is 1110. The van der Waals surface area contributed by atoms with Crippen LogP contribution in [0.2, 0.25) is 5.02 Å². The Labute approximate surface area is 173 Å². The smallest absolute Gasteiger partial charge is 0.366 e. The van der Waals surface area contributed by atoms with E-state index in [9.17, 15) is 13.2 Å². The predicted molar refractivity (Wildman–Crippen MR) is 111 cm³/mol. The van der Waals surface area contributed by atoms with E-state index in [0.717, 1.165) is 33.0 Å². The summed E-state index contributed by atoms with van der Waals surface area (Å²) in [7, 11) is 0. The molecule has 3 nitrogen and oxygen atoms in total. The molecule has 0 unspecified atom stereocenters. The highest BCUT2D eigenvalue weighted by molar-refractivity contribution is 8.26. The lowest BCUT2D eigenvalue weighted by Crippen LogP contribution is -2.11. The molecule has 4 rings (SSSR count). The van der Waals surface area contributed by atoms with E-state index in [-0.39, 0.29) is 17.0 Å². The summed E-state index contributed by atoms with van der Waals surface area (Å²) in [6.45, 7) is 0.497. The minimum Gasteiger partial charge on any atom is -0.366 e. The number of rotatable bonds is 3. The number of alkyl halides is 3. The second kappa shape index (κ2) is 7.42. The molecule has 1 aromatic heterocycles. The largest absolute Gasteiger partial charge is 0.416 e. The quantitative estimate of drug-likeness (QED) is 0.505. The third-order valence-electron chi connectivity index (χ3n) is 4.48. The fraction of sp³-hybridized carbons (Fsp3) is 0.158. The maximum Gasteiger partial charge on any atom is 0.416 e. The van der Waals surface area contributed by atoms with E-state index >= 15 is 0 Å². The molecule has 0 bridgehead atoms. The van der Waals surface area contributed by atoms with Crippen LogP contribution in [0.5, 0.6) is 0 Å². The highest BCUT2D eigenvalue weighted by Crippen LogP contribution is 2.39. The molecule has 0 atom stereocenters. The summed E-state index contributed by atoms with van der Waals surface area (Å²) in [4.78, 5) is 0.913. The maximum atomic E-state index is 13.6. The molecular formula is C19H13ClF3N3S2. The molecule has 3 aromatic rings. The average Bonchev–Trinajstić information content (AvgIpc) is 3.28. The maximum absolute atomic E-state index is 13.6. The normalized spacial score (nSPS) is 16.5. The number of halogens is 4. The molecule has 0 amide bonds. The molecule has 2 N–H and O–H groups in total. The number of hydrogen-bond acceptors (Lipinski definition) is 3. The summed E-state index contributed by atoms with van der Waals surface area (Å²) < 4.78 is 41.3. The molecule has 2 heterocycles. The van der Waals surface area contributed by atoms with E-state index in [2.05, 4.69) is 15.5 Å². The zero-order valence-corrected chi connectivity index (χ0v) is 16.6. The molecule has 0 radical (unpaired) electrons. The first-order chi connectivity index (χ1) is 13.3. The molecule has 2 aromatic carbocycles. The van der Waals surface area contributed by atoms with Gasteiger partial charge in [-0.05, 0) is 47.4 Å². The molecule has 1 aliphatic heterocycles. The fourth-order valence-corrected chi connectivity index (χ4v) is 4.53. The summed E-state index contributed by atoms with van der Waals surface area (Å²) in [5.41, 5.74) is 1.95. The minimum absolute atomic E-state index is 0.0585. The van der Waals surface area contributed by atoms with Crippen LogP contribution in [0.15, 0.2) is 47.5 Å². The van der Waals surface area contributed by atoms with Crippen LogP contribution in [0, 0.1) is 0 Å². The number of hydrogen-bond donors (Lipinski definition) is 2. The Hall–Kier alpha value is -2.03. The molecule has 0 saturated carbocycles. The van der Waals surface area contributed by atoms with Gasteiger partial charge in [0.1, 0.15) is 4.32 Å². The summed E-state index contributed by atoms with van der Waals surface area (Å²) in [6.07, 6.45) is -2.68. The van der Waals surface area contributed by atoms with Crippen LogP contribution in [0.25, 0.3) is 16.5 Å². The lowest BCUT2D eigenvalue weighted by atomic mass is 9.93. The van der Waals surface area contributed by atoms with Crippen molar-refractivity contribution < 1.29 is 13.2 Å². The van der Waals surface area contributed by atoms with Crippen molar-refractivity contribution >= 4 is 56.4 Å². The first kappa shape index (κ1) is 19.3. The van der Waals surface area contributed by atoms with Crippen molar-refractivity contribution in [1.29, 1.82) is 0 Å². The highest BCUT2D eigenvalue weighted by Gasteiger charge is 2.34. The van der Waals surface area contributed by atoms with Crippen LogP contribution >= 0.6 is 35.6 Å². The standard InChI is InChI=1S/C19H13ClF3N3S2/c20-13-3-1-11(15(7-13)19(21,22)23)6-14(17-9-24-18(27)28-17)10-2-4-16-12(5-10)8-25-26-16/h1-5,7-8H,6,9H2,(H,24,27)(H,25,26). The van der Waals surface area contributed by atoms with E-state index in [1.165, 1.54) is 23.9 Å². The van der Waals surface area contributed by atoms with E-state index in [0.29, 0.717) is 10.9 Å². The Morgan fingerprint density at radius 1 is 1.21 bits per heavy atom. The summed E-state index contributed by atoms with van der Waals surface area (Å²) >= 11 is 12.4. The zero-order chi connectivity index (χ0) is 19.9. The molecule has 0 aliphatic carbocycles. The molecular weight excluding hydrogens is 427 g/mol. The first-order valence-electron chi connectivity index (χ1n) is 8.28. The lowest BCUT2D eigenvalue weighted by Gasteiger charge is -2.17. The van der Waals surface area contributed by atoms with Gasteiger partial charge in [0.25, 0.3) is 0 Å². The second-order valence-corrected chi connectivity index (χ2v) is 8.50. The Kier molecular flexibility index (Phi) is 5.11. The zero-order valence-electron chi connectivity index (χ0n) is 14.2. The van der Waals surface area contributed by atoms with Crippen molar-refractivity contribution in [2.75, 3.05) is 6.54 Å². The van der Waals surface area contributed by atoms with Crippen LogP contribution in [0.3, 0.4) is 0 Å². The van der Waals surface area contributed by atoms with Gasteiger partial charge < -0.3 is 5.32 Å². The van der Waals surface area contributed by atoms with Crippen molar-refractivity contribution in [3.8, 4) is 0 Å². The van der Waals surface area contributed by atoms with Crippen LogP contribution < -0.4 is 5.32 Å². The van der Waals surface area contributed by atoms with Gasteiger partial charge in [0.15, 0.2) is 0 Å². The number of nitrogens with one attached hydrogen (secondary N) is 2. The lowest BCUT2D eigenvalue weighted by molar-refractivity contribution is -0.138. The second-order valence-electron chi connectivity index (χ2n) is 6.29. The van der Waals surface area contributed by atoms with Crippen molar-refractivity contribution in [3.05, 3.63) is 69.2 Å². The van der Waals surface area contributed by atoms with E-state index < -0.39 is 11.7 Å².